The minimum Gasteiger partial charge on any atom is -0.308 e. The molecule has 0 aliphatic heterocycles. The van der Waals surface area contributed by atoms with E-state index in [9.17, 15) is 20.2 Å². The summed E-state index contributed by atoms with van der Waals surface area (Å²) in [6.45, 7) is 3.92. The van der Waals surface area contributed by atoms with Crippen LogP contribution in [-0.2, 0) is 9.68 Å². The molecule has 0 N–H and O–H groups in total. The smallest absolute Gasteiger partial charge is 0.294 e. The van der Waals surface area contributed by atoms with Crippen molar-refractivity contribution in [3.05, 3.63) is 20.2 Å². The SMILES string of the molecule is CC(C)C1C[C@H](O[N+](=O)[O-])[C@H](O[N+](=O)[O-])C1. The molecule has 1 aliphatic rings. The average Bonchev–Trinajstić information content (AvgIpc) is 2.46. The van der Waals surface area contributed by atoms with Crippen molar-refractivity contribution >= 4 is 0 Å². The summed E-state index contributed by atoms with van der Waals surface area (Å²) < 4.78 is 0. The van der Waals surface area contributed by atoms with Gasteiger partial charge in [-0.1, -0.05) is 13.8 Å². The van der Waals surface area contributed by atoms with Gasteiger partial charge in [-0.2, -0.15) is 0 Å². The molecule has 1 rings (SSSR count). The predicted molar refractivity (Wildman–Crippen MR) is 51.3 cm³/mol. The van der Waals surface area contributed by atoms with Crippen LogP contribution < -0.4 is 0 Å². The third kappa shape index (κ3) is 3.21. The van der Waals surface area contributed by atoms with Crippen LogP contribution >= 0.6 is 0 Å². The van der Waals surface area contributed by atoms with Crippen LogP contribution in [0.4, 0.5) is 0 Å². The summed E-state index contributed by atoms with van der Waals surface area (Å²) in [7, 11) is 0. The first-order valence-corrected chi connectivity index (χ1v) is 5.02. The summed E-state index contributed by atoms with van der Waals surface area (Å²) in [6.07, 6.45) is -0.852. The molecule has 92 valence electrons. The molecule has 1 fully saturated rings. The van der Waals surface area contributed by atoms with Gasteiger partial charge in [0.25, 0.3) is 10.2 Å². The lowest BCUT2D eigenvalue weighted by molar-refractivity contribution is -0.797. The molecule has 8 heteroatoms. The van der Waals surface area contributed by atoms with E-state index in [0.29, 0.717) is 18.8 Å². The number of rotatable bonds is 5. The standard InChI is InChI=1S/C8H14N2O6/c1-5(2)6-3-7(15-9(11)12)8(4-6)16-10(13)14/h5-8H,3-4H2,1-2H3/t6?,7-,8+. The molecule has 16 heavy (non-hydrogen) atoms. The van der Waals surface area contributed by atoms with Gasteiger partial charge in [0.05, 0.1) is 0 Å². The van der Waals surface area contributed by atoms with Crippen molar-refractivity contribution in [2.24, 2.45) is 11.8 Å². The second-order valence-electron chi connectivity index (χ2n) is 4.21. The van der Waals surface area contributed by atoms with Crippen molar-refractivity contribution in [1.82, 2.24) is 0 Å². The van der Waals surface area contributed by atoms with E-state index in [1.807, 2.05) is 13.8 Å². The lowest BCUT2D eigenvalue weighted by Crippen LogP contribution is -2.30. The molecular formula is C8H14N2O6. The highest BCUT2D eigenvalue weighted by atomic mass is 17.0. The van der Waals surface area contributed by atoms with Crippen LogP contribution in [0.25, 0.3) is 0 Å². The van der Waals surface area contributed by atoms with Crippen molar-refractivity contribution in [2.75, 3.05) is 0 Å². The molecule has 1 saturated carbocycles. The minimum atomic E-state index is -0.927. The molecule has 0 heterocycles. The van der Waals surface area contributed by atoms with Gasteiger partial charge in [-0.3, -0.25) is 0 Å². The van der Waals surface area contributed by atoms with Gasteiger partial charge in [0, 0.05) is 0 Å². The summed E-state index contributed by atoms with van der Waals surface area (Å²) in [6, 6.07) is 0. The summed E-state index contributed by atoms with van der Waals surface area (Å²) in [5.74, 6) is 0.438. The largest absolute Gasteiger partial charge is 0.308 e. The van der Waals surface area contributed by atoms with Crippen LogP contribution in [0, 0.1) is 32.1 Å². The molecule has 3 atom stereocenters. The minimum absolute atomic E-state index is 0.148. The van der Waals surface area contributed by atoms with E-state index in [1.165, 1.54) is 0 Å². The molecule has 0 aromatic carbocycles. The van der Waals surface area contributed by atoms with Gasteiger partial charge in [0.1, 0.15) is 12.2 Å². The maximum absolute atomic E-state index is 10.2. The highest BCUT2D eigenvalue weighted by Crippen LogP contribution is 2.35. The molecule has 8 nitrogen and oxygen atoms in total. The normalized spacial score (nSPS) is 29.1. The summed E-state index contributed by atoms with van der Waals surface area (Å²) >= 11 is 0. The zero-order valence-corrected chi connectivity index (χ0v) is 9.07. The Labute approximate surface area is 91.7 Å². The fourth-order valence-corrected chi connectivity index (χ4v) is 1.98. The summed E-state index contributed by atoms with van der Waals surface area (Å²) in [5.41, 5.74) is 0. The van der Waals surface area contributed by atoms with Crippen LogP contribution in [-0.4, -0.2) is 22.4 Å². The molecular weight excluding hydrogens is 220 g/mol. The first-order chi connectivity index (χ1) is 7.40. The van der Waals surface area contributed by atoms with E-state index in [4.69, 9.17) is 0 Å². The van der Waals surface area contributed by atoms with Gasteiger partial charge in [0.2, 0.25) is 0 Å². The fourth-order valence-electron chi connectivity index (χ4n) is 1.98. The Bertz CT molecular complexity index is 258. The third-order valence-corrected chi connectivity index (χ3v) is 2.87. The van der Waals surface area contributed by atoms with Crippen molar-refractivity contribution in [3.63, 3.8) is 0 Å². The molecule has 0 aromatic rings. The van der Waals surface area contributed by atoms with Gasteiger partial charge in [0.15, 0.2) is 0 Å². The summed E-state index contributed by atoms with van der Waals surface area (Å²) in [5, 5.41) is 18.6. The van der Waals surface area contributed by atoms with Crippen LogP contribution in [0.5, 0.6) is 0 Å². The van der Waals surface area contributed by atoms with E-state index in [2.05, 4.69) is 9.68 Å². The maximum atomic E-state index is 10.2. The Morgan fingerprint density at radius 1 is 1.06 bits per heavy atom. The van der Waals surface area contributed by atoms with E-state index in [-0.39, 0.29) is 5.92 Å². The van der Waals surface area contributed by atoms with Crippen LogP contribution in [0.1, 0.15) is 26.7 Å². The highest BCUT2D eigenvalue weighted by Gasteiger charge is 2.40. The van der Waals surface area contributed by atoms with E-state index in [1.54, 1.807) is 0 Å². The second-order valence-corrected chi connectivity index (χ2v) is 4.21. The lowest BCUT2D eigenvalue weighted by Gasteiger charge is -2.14. The molecule has 0 radical (unpaired) electrons. The lowest BCUT2D eigenvalue weighted by atomic mass is 9.94. The van der Waals surface area contributed by atoms with Crippen LogP contribution in [0.3, 0.4) is 0 Å². The molecule has 0 bridgehead atoms. The van der Waals surface area contributed by atoms with E-state index in [0.717, 1.165) is 0 Å². The molecule has 1 unspecified atom stereocenters. The quantitative estimate of drug-likeness (QED) is 0.522. The predicted octanol–water partition coefficient (Wildman–Crippen LogP) is 1.21. The Balaban J connectivity index is 2.63. The Kier molecular flexibility index (Phi) is 3.86. The average molecular weight is 234 g/mol. The van der Waals surface area contributed by atoms with Gasteiger partial charge in [-0.05, 0) is 24.7 Å². The Hall–Kier alpha value is -1.60. The van der Waals surface area contributed by atoms with Crippen molar-refractivity contribution < 1.29 is 19.8 Å². The summed E-state index contributed by atoms with van der Waals surface area (Å²) in [4.78, 5) is 29.2. The zero-order chi connectivity index (χ0) is 12.3. The van der Waals surface area contributed by atoms with Gasteiger partial charge in [-0.15, -0.1) is 20.2 Å². The maximum Gasteiger partial charge on any atom is 0.294 e. The first kappa shape index (κ1) is 12.5. The van der Waals surface area contributed by atoms with Crippen molar-refractivity contribution in [2.45, 2.75) is 38.9 Å². The van der Waals surface area contributed by atoms with Gasteiger partial charge >= 0.3 is 0 Å². The fraction of sp³-hybridized carbons (Fsp3) is 1.00. The number of hydrogen-bond donors (Lipinski definition) is 0. The Morgan fingerprint density at radius 2 is 1.44 bits per heavy atom. The molecule has 0 amide bonds. The second kappa shape index (κ2) is 4.95. The van der Waals surface area contributed by atoms with Crippen LogP contribution in [0.15, 0.2) is 0 Å². The Morgan fingerprint density at radius 3 is 1.69 bits per heavy atom. The van der Waals surface area contributed by atoms with E-state index >= 15 is 0 Å². The molecule has 0 saturated heterocycles. The third-order valence-electron chi connectivity index (χ3n) is 2.87. The topological polar surface area (TPSA) is 105 Å². The molecule has 0 aromatic heterocycles. The first-order valence-electron chi connectivity index (χ1n) is 5.02. The van der Waals surface area contributed by atoms with Crippen LogP contribution in [0.2, 0.25) is 0 Å². The van der Waals surface area contributed by atoms with Gasteiger partial charge in [-0.25, -0.2) is 0 Å². The van der Waals surface area contributed by atoms with E-state index < -0.39 is 22.4 Å². The van der Waals surface area contributed by atoms with Crippen molar-refractivity contribution in [3.8, 4) is 0 Å². The zero-order valence-electron chi connectivity index (χ0n) is 9.07. The van der Waals surface area contributed by atoms with Gasteiger partial charge < -0.3 is 9.68 Å². The van der Waals surface area contributed by atoms with Crippen molar-refractivity contribution in [1.29, 1.82) is 0 Å². The number of hydrogen-bond acceptors (Lipinski definition) is 6. The number of nitrogens with zero attached hydrogens (tertiary/aromatic N) is 2. The highest BCUT2D eigenvalue weighted by molar-refractivity contribution is 4.85. The molecule has 0 spiro atoms. The molecule has 1 aliphatic carbocycles. The monoisotopic (exact) mass is 234 g/mol.